The van der Waals surface area contributed by atoms with Gasteiger partial charge in [0.1, 0.15) is 11.2 Å². The van der Waals surface area contributed by atoms with E-state index >= 15 is 0 Å². The van der Waals surface area contributed by atoms with Crippen molar-refractivity contribution in [3.8, 4) is 5.69 Å². The number of aliphatic imine (C=N–C) groups is 1. The topological polar surface area (TPSA) is 30.4 Å². The number of rotatable bonds is 4. The highest BCUT2D eigenvalue weighted by Gasteiger charge is 2.35. The van der Waals surface area contributed by atoms with E-state index in [9.17, 15) is 0 Å². The fourth-order valence-corrected chi connectivity index (χ4v) is 12.2. The van der Waals surface area contributed by atoms with Crippen molar-refractivity contribution < 1.29 is 4.42 Å². The lowest BCUT2D eigenvalue weighted by atomic mass is 9.74. The van der Waals surface area contributed by atoms with Crippen LogP contribution in [0, 0.1) is 11.8 Å². The van der Waals surface area contributed by atoms with Gasteiger partial charge in [-0.2, -0.15) is 0 Å². The molecule has 3 heteroatoms. The number of hydrogen-bond acceptors (Lipinski definition) is 2. The zero-order valence-corrected chi connectivity index (χ0v) is 38.2. The second-order valence-corrected chi connectivity index (χ2v) is 19.4. The molecular weight excluding hydrogens is 825 g/mol. The van der Waals surface area contributed by atoms with Gasteiger partial charge in [-0.1, -0.05) is 178 Å². The summed E-state index contributed by atoms with van der Waals surface area (Å²) < 4.78 is 9.57. The van der Waals surface area contributed by atoms with Crippen LogP contribution in [-0.2, 0) is 0 Å². The summed E-state index contributed by atoms with van der Waals surface area (Å²) in [4.78, 5) is 6.25. The van der Waals surface area contributed by atoms with Crippen molar-refractivity contribution in [1.29, 1.82) is 0 Å². The summed E-state index contributed by atoms with van der Waals surface area (Å²) >= 11 is 0. The van der Waals surface area contributed by atoms with E-state index in [0.29, 0.717) is 0 Å². The largest absolute Gasteiger partial charge is 0.456 e. The van der Waals surface area contributed by atoms with Gasteiger partial charge in [0.25, 0.3) is 0 Å². The third-order valence-corrected chi connectivity index (χ3v) is 15.6. The van der Waals surface area contributed by atoms with Crippen molar-refractivity contribution in [2.75, 3.05) is 0 Å². The molecule has 4 unspecified atom stereocenters. The van der Waals surface area contributed by atoms with Gasteiger partial charge in [0.05, 0.1) is 22.8 Å². The number of benzene rings is 11. The number of aromatic nitrogens is 1. The molecule has 1 aliphatic heterocycles. The number of nitrogens with zero attached hydrogens (tertiary/aromatic N) is 2. The van der Waals surface area contributed by atoms with Crippen LogP contribution in [0.4, 0.5) is 0 Å². The van der Waals surface area contributed by atoms with Crippen molar-refractivity contribution >= 4 is 103 Å². The Bertz CT molecular complexity index is 4120. The van der Waals surface area contributed by atoms with Crippen molar-refractivity contribution in [1.82, 2.24) is 4.57 Å². The maximum absolute atomic E-state index is 6.99. The Morgan fingerprint density at radius 1 is 0.426 bits per heavy atom. The normalized spacial score (nSPS) is 18.9. The highest BCUT2D eigenvalue weighted by molar-refractivity contribution is 6.21. The molecule has 68 heavy (non-hydrogen) atoms. The monoisotopic (exact) mass is 872 g/mol. The lowest BCUT2D eigenvalue weighted by molar-refractivity contribution is 0.374. The summed E-state index contributed by atoms with van der Waals surface area (Å²) in [5, 5.41) is 17.2. The van der Waals surface area contributed by atoms with Gasteiger partial charge in [-0.15, -0.1) is 0 Å². The Morgan fingerprint density at radius 3 is 1.65 bits per heavy atom. The summed E-state index contributed by atoms with van der Waals surface area (Å²) in [6.45, 7) is 4.88. The van der Waals surface area contributed by atoms with E-state index in [0.717, 1.165) is 46.2 Å². The average Bonchev–Trinajstić information content (AvgIpc) is 3.90. The minimum atomic E-state index is -0.183. The summed E-state index contributed by atoms with van der Waals surface area (Å²) in [6.07, 6.45) is 2.05. The predicted octanol–water partition coefficient (Wildman–Crippen LogP) is 17.8. The Hall–Kier alpha value is -8.01. The molecule has 13 aromatic rings. The first-order valence-electron chi connectivity index (χ1n) is 24.3. The lowest BCUT2D eigenvalue weighted by Gasteiger charge is -2.35. The quantitative estimate of drug-likeness (QED) is 0.173. The molecule has 0 saturated heterocycles. The second kappa shape index (κ2) is 15.3. The fourth-order valence-electron chi connectivity index (χ4n) is 12.2. The van der Waals surface area contributed by atoms with Crippen molar-refractivity contribution in [2.24, 2.45) is 16.8 Å². The van der Waals surface area contributed by atoms with Gasteiger partial charge in [0, 0.05) is 44.3 Å². The van der Waals surface area contributed by atoms with Crippen molar-refractivity contribution in [2.45, 2.75) is 38.6 Å². The SMILES string of the molecule is CC1CCC(c2cccc3ccccc23)C(C)/C(c2cccc3ccccc23)=N\C1c1cc2oc3ccc4ccccc4c3c2cc1-n1c2cc3ccccc3cc2c2cc3ccccc3cc21. The summed E-state index contributed by atoms with van der Waals surface area (Å²) in [5.41, 5.74) is 10.3. The van der Waals surface area contributed by atoms with Crippen LogP contribution in [0.25, 0.3) is 103 Å². The van der Waals surface area contributed by atoms with Crippen LogP contribution < -0.4 is 0 Å². The zero-order chi connectivity index (χ0) is 45.0. The molecule has 0 saturated carbocycles. The first kappa shape index (κ1) is 39.2. The summed E-state index contributed by atoms with van der Waals surface area (Å²) in [6, 6.07) is 76.3. The minimum Gasteiger partial charge on any atom is -0.456 e. The van der Waals surface area contributed by atoms with Crippen LogP contribution in [0.1, 0.15) is 55.3 Å². The van der Waals surface area contributed by atoms with E-state index in [1.165, 1.54) is 92.4 Å². The van der Waals surface area contributed by atoms with Gasteiger partial charge in [0.2, 0.25) is 0 Å². The molecule has 14 rings (SSSR count). The van der Waals surface area contributed by atoms with Gasteiger partial charge in [-0.05, 0) is 127 Å². The van der Waals surface area contributed by atoms with Crippen LogP contribution in [0.5, 0.6) is 0 Å². The van der Waals surface area contributed by atoms with Gasteiger partial charge < -0.3 is 8.98 Å². The minimum absolute atomic E-state index is 0.123. The van der Waals surface area contributed by atoms with Gasteiger partial charge in [-0.3, -0.25) is 4.99 Å². The van der Waals surface area contributed by atoms with Crippen LogP contribution >= 0.6 is 0 Å². The zero-order valence-electron chi connectivity index (χ0n) is 38.2. The van der Waals surface area contributed by atoms with Crippen LogP contribution in [-0.4, -0.2) is 10.3 Å². The second-order valence-electron chi connectivity index (χ2n) is 19.4. The molecule has 0 radical (unpaired) electrons. The molecule has 3 heterocycles. The average molecular weight is 873 g/mol. The molecule has 0 aliphatic carbocycles. The number of fused-ring (bicyclic) bond motifs is 12. The molecule has 0 N–H and O–H groups in total. The molecule has 11 aromatic carbocycles. The molecule has 1 aliphatic rings. The van der Waals surface area contributed by atoms with E-state index in [1.54, 1.807) is 0 Å². The Labute approximate surface area is 394 Å². The van der Waals surface area contributed by atoms with Crippen molar-refractivity contribution in [3.05, 3.63) is 223 Å². The van der Waals surface area contributed by atoms with Crippen LogP contribution in [0.3, 0.4) is 0 Å². The summed E-state index contributed by atoms with van der Waals surface area (Å²) in [5.74, 6) is 0.588. The molecule has 0 fully saturated rings. The molecule has 2 aromatic heterocycles. The lowest BCUT2D eigenvalue weighted by Crippen LogP contribution is -2.27. The van der Waals surface area contributed by atoms with Gasteiger partial charge in [-0.25, -0.2) is 0 Å². The van der Waals surface area contributed by atoms with E-state index in [4.69, 9.17) is 9.41 Å². The Kier molecular flexibility index (Phi) is 8.80. The molecule has 0 bridgehead atoms. The third-order valence-electron chi connectivity index (χ3n) is 15.6. The summed E-state index contributed by atoms with van der Waals surface area (Å²) in [7, 11) is 0. The van der Waals surface area contributed by atoms with Crippen molar-refractivity contribution in [3.63, 3.8) is 0 Å². The predicted molar refractivity (Wildman–Crippen MR) is 288 cm³/mol. The Morgan fingerprint density at radius 2 is 0.971 bits per heavy atom. The first-order valence-corrected chi connectivity index (χ1v) is 24.3. The maximum atomic E-state index is 6.99. The van der Waals surface area contributed by atoms with Crippen LogP contribution in [0.15, 0.2) is 216 Å². The van der Waals surface area contributed by atoms with Gasteiger partial charge in [0.15, 0.2) is 0 Å². The van der Waals surface area contributed by atoms with E-state index < -0.39 is 0 Å². The molecule has 4 atom stereocenters. The molecule has 0 spiro atoms. The molecule has 3 nitrogen and oxygen atoms in total. The molecule has 324 valence electrons. The molecular formula is C65H48N2O. The van der Waals surface area contributed by atoms with E-state index in [2.05, 4.69) is 225 Å². The smallest absolute Gasteiger partial charge is 0.136 e. The van der Waals surface area contributed by atoms with E-state index in [-0.39, 0.29) is 23.8 Å². The van der Waals surface area contributed by atoms with E-state index in [1.807, 2.05) is 0 Å². The Balaban J connectivity index is 1.10. The highest BCUT2D eigenvalue weighted by atomic mass is 16.3. The maximum Gasteiger partial charge on any atom is 0.136 e. The standard InChI is InChI=1S/C65H48N2O/c1-39-29-31-48(52-27-13-22-41-15-7-10-24-49(41)52)40(2)65(53-28-14-23-42-16-8-11-25-50(42)53)66-64(39)56-38-62-57(63-51-26-12-9-17-43(51)30-32-61(63)68-62)37-60(56)67-58-35-46-20-5-3-18-44(46)33-54(58)55-34-45-19-4-6-21-47(45)36-59(55)67/h3-28,30,32-40,48,64H,29,31H2,1-2H3/b66-65+. The molecule has 0 amide bonds. The number of furan rings is 1. The first-order chi connectivity index (χ1) is 33.5. The van der Waals surface area contributed by atoms with Gasteiger partial charge >= 0.3 is 0 Å². The number of hydrogen-bond donors (Lipinski definition) is 0. The van der Waals surface area contributed by atoms with Crippen LogP contribution in [0.2, 0.25) is 0 Å². The third kappa shape index (κ3) is 6.01. The highest BCUT2D eigenvalue weighted by Crippen LogP contribution is 2.48. The fraction of sp³-hybridized carbons (Fsp3) is 0.123.